The van der Waals surface area contributed by atoms with Crippen LogP contribution in [0.15, 0.2) is 78.9 Å². The van der Waals surface area contributed by atoms with Crippen LogP contribution in [0.2, 0.25) is 0 Å². The molecule has 0 aliphatic carbocycles. The standard InChI is InChI=1S/C24H25N3O3/c28-23-12-10-22(11-13-23)27-16-14-26(15-17-27)21-8-6-20(7-9-21)25-24(29)30-18-19-4-2-1-3-5-19/h1-13,28H,14-18H2,(H,25,29). The van der Waals surface area contributed by atoms with E-state index in [2.05, 4.69) is 15.1 Å². The Morgan fingerprint density at radius 1 is 0.800 bits per heavy atom. The first kappa shape index (κ1) is 19.6. The molecule has 0 aromatic heterocycles. The molecule has 0 bridgehead atoms. The van der Waals surface area contributed by atoms with E-state index in [1.807, 2.05) is 66.7 Å². The molecular weight excluding hydrogens is 378 g/mol. The first-order valence-electron chi connectivity index (χ1n) is 10.0. The molecule has 6 nitrogen and oxygen atoms in total. The van der Waals surface area contributed by atoms with Crippen molar-refractivity contribution in [1.29, 1.82) is 0 Å². The normalized spacial score (nSPS) is 13.7. The zero-order valence-electron chi connectivity index (χ0n) is 16.7. The van der Waals surface area contributed by atoms with E-state index in [0.717, 1.165) is 43.1 Å². The molecule has 0 saturated carbocycles. The van der Waals surface area contributed by atoms with Gasteiger partial charge in [-0.05, 0) is 54.1 Å². The third-order valence-corrected chi connectivity index (χ3v) is 5.19. The number of piperazine rings is 1. The summed E-state index contributed by atoms with van der Waals surface area (Å²) >= 11 is 0. The van der Waals surface area contributed by atoms with Gasteiger partial charge in [-0.25, -0.2) is 4.79 Å². The van der Waals surface area contributed by atoms with Crippen molar-refractivity contribution in [3.8, 4) is 5.75 Å². The quantitative estimate of drug-likeness (QED) is 0.658. The molecule has 2 N–H and O–H groups in total. The van der Waals surface area contributed by atoms with E-state index < -0.39 is 6.09 Å². The smallest absolute Gasteiger partial charge is 0.411 e. The van der Waals surface area contributed by atoms with E-state index in [1.165, 1.54) is 0 Å². The Bertz CT molecular complexity index is 951. The molecule has 1 fully saturated rings. The van der Waals surface area contributed by atoms with E-state index in [9.17, 15) is 9.90 Å². The Hall–Kier alpha value is -3.67. The number of nitrogens with zero attached hydrogens (tertiary/aromatic N) is 2. The fourth-order valence-corrected chi connectivity index (χ4v) is 3.52. The summed E-state index contributed by atoms with van der Waals surface area (Å²) in [5.41, 5.74) is 3.92. The number of rotatable bonds is 5. The van der Waals surface area contributed by atoms with E-state index in [0.29, 0.717) is 5.69 Å². The van der Waals surface area contributed by atoms with Crippen molar-refractivity contribution in [1.82, 2.24) is 0 Å². The summed E-state index contributed by atoms with van der Waals surface area (Å²) in [7, 11) is 0. The SMILES string of the molecule is O=C(Nc1ccc(N2CCN(c3ccc(O)cc3)CC2)cc1)OCc1ccccc1. The molecule has 3 aromatic carbocycles. The Kier molecular flexibility index (Phi) is 6.03. The molecule has 1 aliphatic rings. The van der Waals surface area contributed by atoms with Crippen LogP contribution in [0.3, 0.4) is 0 Å². The summed E-state index contributed by atoms with van der Waals surface area (Å²) in [4.78, 5) is 16.6. The second-order valence-corrected chi connectivity index (χ2v) is 7.22. The van der Waals surface area contributed by atoms with Crippen LogP contribution in [0.5, 0.6) is 5.75 Å². The Morgan fingerprint density at radius 3 is 1.90 bits per heavy atom. The van der Waals surface area contributed by atoms with Crippen molar-refractivity contribution in [2.45, 2.75) is 6.61 Å². The lowest BCUT2D eigenvalue weighted by molar-refractivity contribution is 0.155. The molecule has 0 radical (unpaired) electrons. The molecule has 0 atom stereocenters. The van der Waals surface area contributed by atoms with Crippen LogP contribution in [0.4, 0.5) is 21.9 Å². The van der Waals surface area contributed by atoms with E-state index in [-0.39, 0.29) is 12.4 Å². The fourth-order valence-electron chi connectivity index (χ4n) is 3.52. The summed E-state index contributed by atoms with van der Waals surface area (Å²) < 4.78 is 5.26. The number of anilines is 3. The van der Waals surface area contributed by atoms with Crippen molar-refractivity contribution in [3.05, 3.63) is 84.4 Å². The molecule has 0 unspecified atom stereocenters. The second-order valence-electron chi connectivity index (χ2n) is 7.22. The summed E-state index contributed by atoms with van der Waals surface area (Å²) in [5, 5.41) is 12.2. The van der Waals surface area contributed by atoms with Gasteiger partial charge < -0.3 is 19.6 Å². The number of hydrogen-bond donors (Lipinski definition) is 2. The summed E-state index contributed by atoms with van der Waals surface area (Å²) in [6.07, 6.45) is -0.464. The fraction of sp³-hybridized carbons (Fsp3) is 0.208. The van der Waals surface area contributed by atoms with Gasteiger partial charge in [0.1, 0.15) is 12.4 Å². The monoisotopic (exact) mass is 403 g/mol. The van der Waals surface area contributed by atoms with Gasteiger partial charge >= 0.3 is 6.09 Å². The molecule has 1 heterocycles. The van der Waals surface area contributed by atoms with E-state index in [4.69, 9.17) is 4.74 Å². The van der Waals surface area contributed by atoms with Crippen molar-refractivity contribution >= 4 is 23.2 Å². The molecule has 1 saturated heterocycles. The highest BCUT2D eigenvalue weighted by atomic mass is 16.5. The maximum absolute atomic E-state index is 12.0. The first-order chi connectivity index (χ1) is 14.7. The summed E-state index contributed by atoms with van der Waals surface area (Å²) in [6.45, 7) is 3.89. The van der Waals surface area contributed by atoms with Gasteiger partial charge in [0.25, 0.3) is 0 Å². The molecule has 3 aromatic rings. The number of amides is 1. The maximum atomic E-state index is 12.0. The van der Waals surface area contributed by atoms with Gasteiger partial charge in [-0.3, -0.25) is 5.32 Å². The number of ether oxygens (including phenoxy) is 1. The average Bonchev–Trinajstić information content (AvgIpc) is 2.80. The van der Waals surface area contributed by atoms with Crippen LogP contribution >= 0.6 is 0 Å². The van der Waals surface area contributed by atoms with Crippen LogP contribution < -0.4 is 15.1 Å². The molecule has 154 valence electrons. The molecule has 0 spiro atoms. The molecule has 4 rings (SSSR count). The maximum Gasteiger partial charge on any atom is 0.411 e. The van der Waals surface area contributed by atoms with Crippen LogP contribution in [0.1, 0.15) is 5.56 Å². The van der Waals surface area contributed by atoms with Crippen LogP contribution in [0, 0.1) is 0 Å². The number of hydrogen-bond acceptors (Lipinski definition) is 5. The summed E-state index contributed by atoms with van der Waals surface area (Å²) in [6, 6.07) is 24.8. The predicted molar refractivity (Wildman–Crippen MR) is 119 cm³/mol. The van der Waals surface area contributed by atoms with Crippen molar-refractivity contribution in [3.63, 3.8) is 0 Å². The summed E-state index contributed by atoms with van der Waals surface area (Å²) in [5.74, 6) is 0.287. The lowest BCUT2D eigenvalue weighted by atomic mass is 10.2. The third kappa shape index (κ3) is 5.03. The van der Waals surface area contributed by atoms with Gasteiger partial charge in [0.05, 0.1) is 0 Å². The van der Waals surface area contributed by atoms with Gasteiger partial charge in [-0.1, -0.05) is 30.3 Å². The molecule has 1 aliphatic heterocycles. The van der Waals surface area contributed by atoms with Crippen molar-refractivity contribution in [2.24, 2.45) is 0 Å². The molecule has 30 heavy (non-hydrogen) atoms. The van der Waals surface area contributed by atoms with Gasteiger partial charge in [0, 0.05) is 43.2 Å². The van der Waals surface area contributed by atoms with E-state index >= 15 is 0 Å². The average molecular weight is 403 g/mol. The number of benzene rings is 3. The topological polar surface area (TPSA) is 65.0 Å². The lowest BCUT2D eigenvalue weighted by Gasteiger charge is -2.37. The molecule has 1 amide bonds. The van der Waals surface area contributed by atoms with Crippen LogP contribution in [-0.2, 0) is 11.3 Å². The Balaban J connectivity index is 1.26. The van der Waals surface area contributed by atoms with Gasteiger partial charge in [-0.15, -0.1) is 0 Å². The Labute approximate surface area is 176 Å². The zero-order chi connectivity index (χ0) is 20.8. The third-order valence-electron chi connectivity index (χ3n) is 5.19. The van der Waals surface area contributed by atoms with Gasteiger partial charge in [-0.2, -0.15) is 0 Å². The minimum Gasteiger partial charge on any atom is -0.508 e. The van der Waals surface area contributed by atoms with Gasteiger partial charge in [0.2, 0.25) is 0 Å². The van der Waals surface area contributed by atoms with Crippen LogP contribution in [0.25, 0.3) is 0 Å². The zero-order valence-corrected chi connectivity index (χ0v) is 16.7. The van der Waals surface area contributed by atoms with Crippen molar-refractivity contribution < 1.29 is 14.6 Å². The number of phenols is 1. The van der Waals surface area contributed by atoms with E-state index in [1.54, 1.807) is 12.1 Å². The minimum absolute atomic E-state index is 0.246. The number of carbonyl (C=O) groups excluding carboxylic acids is 1. The van der Waals surface area contributed by atoms with Crippen molar-refractivity contribution in [2.75, 3.05) is 41.3 Å². The minimum atomic E-state index is -0.464. The number of phenolic OH excluding ortho intramolecular Hbond substituents is 1. The highest BCUT2D eigenvalue weighted by Crippen LogP contribution is 2.23. The number of nitrogens with one attached hydrogen (secondary N) is 1. The Morgan fingerprint density at radius 2 is 1.33 bits per heavy atom. The van der Waals surface area contributed by atoms with Crippen LogP contribution in [-0.4, -0.2) is 37.4 Å². The molecular formula is C24H25N3O3. The first-order valence-corrected chi connectivity index (χ1v) is 10.0. The number of carbonyl (C=O) groups is 1. The largest absolute Gasteiger partial charge is 0.508 e. The lowest BCUT2D eigenvalue weighted by Crippen LogP contribution is -2.46. The van der Waals surface area contributed by atoms with Gasteiger partial charge in [0.15, 0.2) is 0 Å². The highest BCUT2D eigenvalue weighted by molar-refractivity contribution is 5.84. The highest BCUT2D eigenvalue weighted by Gasteiger charge is 2.17. The number of aromatic hydroxyl groups is 1. The second kappa shape index (κ2) is 9.22. The predicted octanol–water partition coefficient (Wildman–Crippen LogP) is 4.47. The molecule has 6 heteroatoms.